The minimum Gasteiger partial charge on any atom is -0.302 e. The zero-order valence-electron chi connectivity index (χ0n) is 6.39. The molecule has 1 aromatic rings. The Balaban J connectivity index is 2.69. The van der Waals surface area contributed by atoms with Crippen LogP contribution < -0.4 is 0 Å². The molecular formula is C7H5Br2N3O. The molecule has 68 valence electrons. The molecule has 0 aliphatic rings. The van der Waals surface area contributed by atoms with Gasteiger partial charge < -0.3 is 4.79 Å². The number of hydrogen-bond donors (Lipinski definition) is 0. The molecule has 0 aliphatic carbocycles. The van der Waals surface area contributed by atoms with Gasteiger partial charge in [0.05, 0.1) is 12.4 Å². The van der Waals surface area contributed by atoms with Gasteiger partial charge in [0.25, 0.3) is 0 Å². The lowest BCUT2D eigenvalue weighted by Crippen LogP contribution is -1.99. The Hall–Kier alpha value is -0.620. The van der Waals surface area contributed by atoms with Crippen molar-refractivity contribution >= 4 is 50.2 Å². The van der Waals surface area contributed by atoms with Crippen LogP contribution in [0.2, 0.25) is 0 Å². The minimum absolute atomic E-state index is 0.377. The second kappa shape index (κ2) is 5.18. The maximum Gasteiger partial charge on any atom is 0.170 e. The van der Waals surface area contributed by atoms with Crippen molar-refractivity contribution in [3.8, 4) is 0 Å². The molecule has 1 rings (SSSR count). The summed E-state index contributed by atoms with van der Waals surface area (Å²) in [5.41, 5.74) is 0. The minimum atomic E-state index is -0.377. The van der Waals surface area contributed by atoms with E-state index in [4.69, 9.17) is 0 Å². The molecule has 0 saturated carbocycles. The van der Waals surface area contributed by atoms with E-state index < -0.39 is 0 Å². The summed E-state index contributed by atoms with van der Waals surface area (Å²) in [6.07, 6.45) is 5.22. The lowest BCUT2D eigenvalue weighted by Gasteiger charge is -1.92. The highest BCUT2D eigenvalue weighted by molar-refractivity contribution is 9.10. The molecule has 1 aromatic heterocycles. The molecule has 0 amide bonds. The van der Waals surface area contributed by atoms with Crippen LogP contribution in [0, 0.1) is 0 Å². The van der Waals surface area contributed by atoms with E-state index in [2.05, 4.69) is 46.8 Å². The van der Waals surface area contributed by atoms with Crippen LogP contribution in [-0.4, -0.2) is 27.3 Å². The van der Waals surface area contributed by atoms with Crippen LogP contribution in [0.4, 0.5) is 5.82 Å². The third-order valence-corrected chi connectivity index (χ3v) is 1.95. The first kappa shape index (κ1) is 10.5. The largest absolute Gasteiger partial charge is 0.302 e. The Morgan fingerprint density at radius 2 is 2.23 bits per heavy atom. The smallest absolute Gasteiger partial charge is 0.170 e. The van der Waals surface area contributed by atoms with Crippen molar-refractivity contribution in [2.45, 2.75) is 4.83 Å². The predicted octanol–water partition coefficient (Wildman–Crippen LogP) is 1.90. The van der Waals surface area contributed by atoms with Gasteiger partial charge in [-0.3, -0.25) is 0 Å². The highest BCUT2D eigenvalue weighted by Gasteiger charge is 1.96. The van der Waals surface area contributed by atoms with E-state index in [1.807, 2.05) is 0 Å². The SMILES string of the molecule is O=C[C@H](Br)C=Nc1cnc(Br)cn1. The molecule has 13 heavy (non-hydrogen) atoms. The molecule has 0 aromatic carbocycles. The van der Waals surface area contributed by atoms with Gasteiger partial charge in [0.15, 0.2) is 5.82 Å². The third kappa shape index (κ3) is 3.73. The van der Waals surface area contributed by atoms with E-state index in [1.165, 1.54) is 18.6 Å². The molecule has 6 heteroatoms. The van der Waals surface area contributed by atoms with E-state index in [-0.39, 0.29) is 4.83 Å². The number of rotatable bonds is 3. The van der Waals surface area contributed by atoms with Gasteiger partial charge in [0.1, 0.15) is 15.7 Å². The Labute approximate surface area is 91.8 Å². The maximum atomic E-state index is 10.2. The summed E-state index contributed by atoms with van der Waals surface area (Å²) in [5.74, 6) is 0.467. The summed E-state index contributed by atoms with van der Waals surface area (Å²) in [6.45, 7) is 0. The molecule has 0 saturated heterocycles. The third-order valence-electron chi connectivity index (χ3n) is 1.09. The highest BCUT2D eigenvalue weighted by Crippen LogP contribution is 2.08. The van der Waals surface area contributed by atoms with E-state index >= 15 is 0 Å². The van der Waals surface area contributed by atoms with Gasteiger partial charge in [-0.05, 0) is 15.9 Å². The average molecular weight is 307 g/mol. The number of nitrogens with zero attached hydrogens (tertiary/aromatic N) is 3. The number of aromatic nitrogens is 2. The van der Waals surface area contributed by atoms with Gasteiger partial charge in [0.2, 0.25) is 0 Å². The quantitative estimate of drug-likeness (QED) is 0.487. The zero-order chi connectivity index (χ0) is 9.68. The first-order chi connectivity index (χ1) is 6.22. The summed E-state index contributed by atoms with van der Waals surface area (Å²) in [6, 6.07) is 0. The number of aliphatic imine (C=N–C) groups is 1. The second-order valence-corrected chi connectivity index (χ2v) is 3.93. The molecule has 0 bridgehead atoms. The average Bonchev–Trinajstić information content (AvgIpc) is 2.16. The molecule has 4 nitrogen and oxygen atoms in total. The summed E-state index contributed by atoms with van der Waals surface area (Å²) in [7, 11) is 0. The van der Waals surface area contributed by atoms with Crippen molar-refractivity contribution in [1.82, 2.24) is 9.97 Å². The fourth-order valence-electron chi connectivity index (χ4n) is 0.555. The molecule has 0 spiro atoms. The van der Waals surface area contributed by atoms with Crippen LogP contribution in [0.1, 0.15) is 0 Å². The highest BCUT2D eigenvalue weighted by atomic mass is 79.9. The lowest BCUT2D eigenvalue weighted by atomic mass is 10.5. The maximum absolute atomic E-state index is 10.2. The molecule has 0 aliphatic heterocycles. The van der Waals surface area contributed by atoms with Crippen molar-refractivity contribution in [2.75, 3.05) is 0 Å². The van der Waals surface area contributed by atoms with E-state index in [0.717, 1.165) is 6.29 Å². The summed E-state index contributed by atoms with van der Waals surface area (Å²) in [5, 5.41) is 0. The fourth-order valence-corrected chi connectivity index (χ4v) is 0.878. The van der Waals surface area contributed by atoms with E-state index in [1.54, 1.807) is 0 Å². The number of carbonyl (C=O) groups is 1. The second-order valence-electron chi connectivity index (χ2n) is 2.06. The van der Waals surface area contributed by atoms with Gasteiger partial charge in [0, 0.05) is 6.21 Å². The molecule has 0 radical (unpaired) electrons. The van der Waals surface area contributed by atoms with Crippen LogP contribution in [-0.2, 0) is 4.79 Å². The fraction of sp³-hybridized carbons (Fsp3) is 0.143. The predicted molar refractivity (Wildman–Crippen MR) is 56.7 cm³/mol. The zero-order valence-corrected chi connectivity index (χ0v) is 9.56. The van der Waals surface area contributed by atoms with Gasteiger partial charge in [-0.25, -0.2) is 15.0 Å². The van der Waals surface area contributed by atoms with Crippen LogP contribution >= 0.6 is 31.9 Å². The van der Waals surface area contributed by atoms with Gasteiger partial charge in [-0.1, -0.05) is 15.9 Å². The van der Waals surface area contributed by atoms with Gasteiger partial charge in [-0.15, -0.1) is 0 Å². The number of aldehydes is 1. The standard InChI is InChI=1S/C7H5Br2N3O/c8-5(4-13)1-11-7-3-10-6(9)2-12-7/h1-5H/t5-/m1/s1. The van der Waals surface area contributed by atoms with Crippen molar-refractivity contribution < 1.29 is 4.79 Å². The number of halogens is 2. The van der Waals surface area contributed by atoms with Crippen LogP contribution in [0.25, 0.3) is 0 Å². The van der Waals surface area contributed by atoms with Crippen molar-refractivity contribution in [1.29, 1.82) is 0 Å². The van der Waals surface area contributed by atoms with E-state index in [9.17, 15) is 4.79 Å². The monoisotopic (exact) mass is 305 g/mol. The number of hydrogen-bond acceptors (Lipinski definition) is 4. The first-order valence-corrected chi connectivity index (χ1v) is 5.04. The van der Waals surface area contributed by atoms with Crippen molar-refractivity contribution in [3.63, 3.8) is 0 Å². The molecule has 0 N–H and O–H groups in total. The topological polar surface area (TPSA) is 55.2 Å². The van der Waals surface area contributed by atoms with E-state index in [0.29, 0.717) is 10.4 Å². The molecule has 1 atom stereocenters. The molecular weight excluding hydrogens is 302 g/mol. The Bertz CT molecular complexity index is 312. The first-order valence-electron chi connectivity index (χ1n) is 3.33. The number of carbonyl (C=O) groups excluding carboxylic acids is 1. The van der Waals surface area contributed by atoms with Crippen molar-refractivity contribution in [3.05, 3.63) is 17.0 Å². The van der Waals surface area contributed by atoms with Crippen LogP contribution in [0.3, 0.4) is 0 Å². The van der Waals surface area contributed by atoms with Crippen LogP contribution in [0.15, 0.2) is 22.0 Å². The molecule has 0 unspecified atom stereocenters. The normalized spacial score (nSPS) is 13.1. The van der Waals surface area contributed by atoms with Gasteiger partial charge >= 0.3 is 0 Å². The van der Waals surface area contributed by atoms with Crippen molar-refractivity contribution in [2.24, 2.45) is 4.99 Å². The molecule has 1 heterocycles. The Morgan fingerprint density at radius 1 is 1.46 bits per heavy atom. The Morgan fingerprint density at radius 3 is 2.77 bits per heavy atom. The summed E-state index contributed by atoms with van der Waals surface area (Å²) in [4.78, 5) is 21.6. The molecule has 0 fully saturated rings. The van der Waals surface area contributed by atoms with Gasteiger partial charge in [-0.2, -0.15) is 0 Å². The lowest BCUT2D eigenvalue weighted by molar-refractivity contribution is -0.106. The van der Waals surface area contributed by atoms with Crippen LogP contribution in [0.5, 0.6) is 0 Å². The Kier molecular flexibility index (Phi) is 4.17. The summed E-state index contributed by atoms with van der Waals surface area (Å²) < 4.78 is 0.650. The summed E-state index contributed by atoms with van der Waals surface area (Å²) >= 11 is 6.22. The number of alkyl halides is 1.